The van der Waals surface area contributed by atoms with E-state index in [4.69, 9.17) is 9.78 Å². The standard InChI is InChI=1S/C13H19N3O/c1-9-3-5-11(6-4-9)13-15-12(17-16-13)7-10(2)8-14/h9-11H,3-7H2,1-2H3. The van der Waals surface area contributed by atoms with Crippen LogP contribution in [0.3, 0.4) is 0 Å². The first-order valence-electron chi connectivity index (χ1n) is 6.41. The molecule has 0 saturated heterocycles. The molecule has 1 saturated carbocycles. The summed E-state index contributed by atoms with van der Waals surface area (Å²) in [4.78, 5) is 4.42. The Labute approximate surface area is 102 Å². The summed E-state index contributed by atoms with van der Waals surface area (Å²) < 4.78 is 5.20. The molecule has 17 heavy (non-hydrogen) atoms. The van der Waals surface area contributed by atoms with Gasteiger partial charge in [-0.1, -0.05) is 24.9 Å². The molecule has 1 heterocycles. The summed E-state index contributed by atoms with van der Waals surface area (Å²) in [5.41, 5.74) is 0. The lowest BCUT2D eigenvalue weighted by molar-refractivity contribution is 0.322. The van der Waals surface area contributed by atoms with E-state index in [2.05, 4.69) is 23.1 Å². The Morgan fingerprint density at radius 3 is 2.76 bits per heavy atom. The Morgan fingerprint density at radius 1 is 1.41 bits per heavy atom. The lowest BCUT2D eigenvalue weighted by atomic mass is 9.83. The molecule has 1 atom stereocenters. The molecule has 0 aromatic carbocycles. The fourth-order valence-electron chi connectivity index (χ4n) is 2.34. The number of nitrogens with zero attached hydrogens (tertiary/aromatic N) is 3. The lowest BCUT2D eigenvalue weighted by Gasteiger charge is -2.23. The van der Waals surface area contributed by atoms with E-state index in [0.717, 1.165) is 24.6 Å². The summed E-state index contributed by atoms with van der Waals surface area (Å²) in [7, 11) is 0. The van der Waals surface area contributed by atoms with Crippen molar-refractivity contribution in [3.63, 3.8) is 0 Å². The van der Waals surface area contributed by atoms with Crippen molar-refractivity contribution in [1.82, 2.24) is 10.1 Å². The molecule has 1 unspecified atom stereocenters. The second-order valence-electron chi connectivity index (χ2n) is 5.24. The third-order valence-electron chi connectivity index (χ3n) is 3.57. The van der Waals surface area contributed by atoms with E-state index in [1.54, 1.807) is 0 Å². The van der Waals surface area contributed by atoms with Crippen LogP contribution in [-0.2, 0) is 6.42 Å². The molecule has 0 radical (unpaired) electrons. The van der Waals surface area contributed by atoms with Gasteiger partial charge in [-0.2, -0.15) is 10.2 Å². The van der Waals surface area contributed by atoms with Crippen LogP contribution >= 0.6 is 0 Å². The van der Waals surface area contributed by atoms with E-state index >= 15 is 0 Å². The Hall–Kier alpha value is -1.37. The Balaban J connectivity index is 1.96. The van der Waals surface area contributed by atoms with Crippen molar-refractivity contribution in [2.75, 3.05) is 0 Å². The minimum absolute atomic E-state index is 0.0605. The Kier molecular flexibility index (Phi) is 3.78. The van der Waals surface area contributed by atoms with Gasteiger partial charge in [-0.05, 0) is 25.7 Å². The van der Waals surface area contributed by atoms with Crippen LogP contribution in [0, 0.1) is 23.2 Å². The van der Waals surface area contributed by atoms with Gasteiger partial charge >= 0.3 is 0 Å². The van der Waals surface area contributed by atoms with E-state index in [1.165, 1.54) is 12.8 Å². The molecule has 1 aromatic heterocycles. The van der Waals surface area contributed by atoms with E-state index < -0.39 is 0 Å². The van der Waals surface area contributed by atoms with Crippen molar-refractivity contribution >= 4 is 0 Å². The van der Waals surface area contributed by atoms with Crippen LogP contribution in [0.25, 0.3) is 0 Å². The van der Waals surface area contributed by atoms with E-state index in [1.807, 2.05) is 6.92 Å². The van der Waals surface area contributed by atoms with Gasteiger partial charge in [0, 0.05) is 12.3 Å². The van der Waals surface area contributed by atoms with Crippen LogP contribution in [0.15, 0.2) is 4.52 Å². The zero-order valence-electron chi connectivity index (χ0n) is 10.5. The number of nitriles is 1. The molecular weight excluding hydrogens is 214 g/mol. The molecule has 0 bridgehead atoms. The zero-order valence-corrected chi connectivity index (χ0v) is 10.5. The highest BCUT2D eigenvalue weighted by Crippen LogP contribution is 2.34. The molecular formula is C13H19N3O. The summed E-state index contributed by atoms with van der Waals surface area (Å²) in [6, 6.07) is 2.18. The maximum atomic E-state index is 8.74. The average Bonchev–Trinajstić information content (AvgIpc) is 2.78. The molecule has 1 aliphatic rings. The predicted octanol–water partition coefficient (Wildman–Crippen LogP) is 3.07. The van der Waals surface area contributed by atoms with E-state index in [-0.39, 0.29) is 5.92 Å². The molecule has 0 aliphatic heterocycles. The van der Waals surface area contributed by atoms with Crippen molar-refractivity contribution in [3.05, 3.63) is 11.7 Å². The SMILES string of the molecule is CC(C#N)Cc1nc(C2CCC(C)CC2)no1. The van der Waals surface area contributed by atoms with Gasteiger partial charge in [0.25, 0.3) is 0 Å². The number of rotatable bonds is 3. The van der Waals surface area contributed by atoms with E-state index in [0.29, 0.717) is 18.2 Å². The van der Waals surface area contributed by atoms with Gasteiger partial charge in [0.05, 0.1) is 12.0 Å². The highest BCUT2D eigenvalue weighted by molar-refractivity contribution is 4.99. The average molecular weight is 233 g/mol. The number of aromatic nitrogens is 2. The molecule has 0 spiro atoms. The monoisotopic (exact) mass is 233 g/mol. The van der Waals surface area contributed by atoms with Gasteiger partial charge in [-0.15, -0.1) is 0 Å². The van der Waals surface area contributed by atoms with Crippen LogP contribution < -0.4 is 0 Å². The maximum Gasteiger partial charge on any atom is 0.227 e. The van der Waals surface area contributed by atoms with Crippen molar-refractivity contribution < 1.29 is 4.52 Å². The smallest absolute Gasteiger partial charge is 0.227 e. The lowest BCUT2D eigenvalue weighted by Crippen LogP contribution is -2.12. The van der Waals surface area contributed by atoms with Crippen molar-refractivity contribution in [1.29, 1.82) is 5.26 Å². The molecule has 1 fully saturated rings. The van der Waals surface area contributed by atoms with E-state index in [9.17, 15) is 0 Å². The van der Waals surface area contributed by atoms with Crippen molar-refractivity contribution in [2.24, 2.45) is 11.8 Å². The third kappa shape index (κ3) is 3.06. The van der Waals surface area contributed by atoms with Crippen molar-refractivity contribution in [2.45, 2.75) is 51.9 Å². The van der Waals surface area contributed by atoms with Crippen LogP contribution in [0.4, 0.5) is 0 Å². The predicted molar refractivity (Wildman–Crippen MR) is 63.2 cm³/mol. The largest absolute Gasteiger partial charge is 0.339 e. The normalized spacial score (nSPS) is 26.4. The summed E-state index contributed by atoms with van der Waals surface area (Å²) in [5, 5.41) is 12.8. The summed E-state index contributed by atoms with van der Waals surface area (Å²) in [6.45, 7) is 4.17. The van der Waals surface area contributed by atoms with Gasteiger partial charge in [0.2, 0.25) is 5.89 Å². The molecule has 4 heteroatoms. The van der Waals surface area contributed by atoms with Crippen molar-refractivity contribution in [3.8, 4) is 6.07 Å². The quantitative estimate of drug-likeness (QED) is 0.804. The van der Waals surface area contributed by atoms with Gasteiger partial charge in [0.1, 0.15) is 0 Å². The molecule has 1 aromatic rings. The first kappa shape index (κ1) is 12.1. The van der Waals surface area contributed by atoms with Crippen LogP contribution in [0.1, 0.15) is 57.2 Å². The minimum Gasteiger partial charge on any atom is -0.339 e. The summed E-state index contributed by atoms with van der Waals surface area (Å²) >= 11 is 0. The van der Waals surface area contributed by atoms with Gasteiger partial charge in [0.15, 0.2) is 5.82 Å². The molecule has 0 N–H and O–H groups in total. The summed E-state index contributed by atoms with van der Waals surface area (Å²) in [6.07, 6.45) is 5.39. The van der Waals surface area contributed by atoms with Gasteiger partial charge in [-0.3, -0.25) is 0 Å². The highest BCUT2D eigenvalue weighted by atomic mass is 16.5. The molecule has 4 nitrogen and oxygen atoms in total. The minimum atomic E-state index is -0.0605. The summed E-state index contributed by atoms with van der Waals surface area (Å²) in [5.74, 6) is 2.68. The second-order valence-corrected chi connectivity index (χ2v) is 5.24. The van der Waals surface area contributed by atoms with Crippen LogP contribution in [0.5, 0.6) is 0 Å². The topological polar surface area (TPSA) is 62.7 Å². The van der Waals surface area contributed by atoms with Gasteiger partial charge in [-0.25, -0.2) is 0 Å². The highest BCUT2D eigenvalue weighted by Gasteiger charge is 2.24. The molecule has 92 valence electrons. The number of hydrogen-bond donors (Lipinski definition) is 0. The fourth-order valence-corrected chi connectivity index (χ4v) is 2.34. The van der Waals surface area contributed by atoms with Crippen LogP contribution in [0.2, 0.25) is 0 Å². The Bertz CT molecular complexity index is 399. The maximum absolute atomic E-state index is 8.74. The van der Waals surface area contributed by atoms with Crippen LogP contribution in [-0.4, -0.2) is 10.1 Å². The first-order chi connectivity index (χ1) is 8.19. The first-order valence-corrected chi connectivity index (χ1v) is 6.41. The molecule has 0 amide bonds. The number of hydrogen-bond acceptors (Lipinski definition) is 4. The third-order valence-corrected chi connectivity index (χ3v) is 3.57. The molecule has 2 rings (SSSR count). The molecule has 1 aliphatic carbocycles. The van der Waals surface area contributed by atoms with Gasteiger partial charge < -0.3 is 4.52 Å². The Morgan fingerprint density at radius 2 is 2.12 bits per heavy atom. The fraction of sp³-hybridized carbons (Fsp3) is 0.769. The zero-order chi connectivity index (χ0) is 12.3. The second kappa shape index (κ2) is 5.31.